The number of halogens is 1. The molecule has 0 radical (unpaired) electrons. The summed E-state index contributed by atoms with van der Waals surface area (Å²) in [6.45, 7) is 1.62. The third-order valence-corrected chi connectivity index (χ3v) is 2.43. The molecule has 0 amide bonds. The molecule has 1 aromatic carbocycles. The summed E-state index contributed by atoms with van der Waals surface area (Å²) in [6.07, 6.45) is 0. The maximum absolute atomic E-state index is 11.5. The zero-order chi connectivity index (χ0) is 12.1. The molecule has 84 valence electrons. The number of esters is 1. The van der Waals surface area contributed by atoms with Crippen LogP contribution in [-0.2, 0) is 11.3 Å². The summed E-state index contributed by atoms with van der Waals surface area (Å²) < 4.78 is 4.79. The van der Waals surface area contributed by atoms with E-state index in [1.54, 1.807) is 6.92 Å². The standard InChI is InChI=1S/C11H10ClNO3/c1-2-16-11(15)8-4-3-7(6-14)10(12)9(8)5-13/h3-4,14H,2,6H2,1H3. The van der Waals surface area contributed by atoms with E-state index in [9.17, 15) is 4.79 Å². The first-order chi connectivity index (χ1) is 7.65. The van der Waals surface area contributed by atoms with E-state index in [-0.39, 0.29) is 29.4 Å². The SMILES string of the molecule is CCOC(=O)c1ccc(CO)c(Cl)c1C#N. The van der Waals surface area contributed by atoms with E-state index in [4.69, 9.17) is 26.7 Å². The molecule has 1 rings (SSSR count). The minimum absolute atomic E-state index is 0.0340. The summed E-state index contributed by atoms with van der Waals surface area (Å²) in [7, 11) is 0. The minimum Gasteiger partial charge on any atom is -0.462 e. The molecule has 0 unspecified atom stereocenters. The van der Waals surface area contributed by atoms with Crippen molar-refractivity contribution in [1.29, 1.82) is 5.26 Å². The molecule has 0 heterocycles. The molecule has 0 fully saturated rings. The molecule has 0 aliphatic heterocycles. The molecule has 4 nitrogen and oxygen atoms in total. The number of nitrogens with zero attached hydrogens (tertiary/aromatic N) is 1. The highest BCUT2D eigenvalue weighted by Gasteiger charge is 2.17. The van der Waals surface area contributed by atoms with Crippen LogP contribution in [0.25, 0.3) is 0 Å². The van der Waals surface area contributed by atoms with Gasteiger partial charge in [0.05, 0.1) is 29.4 Å². The van der Waals surface area contributed by atoms with Crippen LogP contribution >= 0.6 is 11.6 Å². The third kappa shape index (κ3) is 2.32. The number of carbonyl (C=O) groups excluding carboxylic acids is 1. The van der Waals surface area contributed by atoms with Crippen LogP contribution in [0.1, 0.15) is 28.4 Å². The summed E-state index contributed by atoms with van der Waals surface area (Å²) in [5.41, 5.74) is 0.560. The van der Waals surface area contributed by atoms with Crippen LogP contribution < -0.4 is 0 Å². The normalized spacial score (nSPS) is 9.62. The van der Waals surface area contributed by atoms with Gasteiger partial charge < -0.3 is 9.84 Å². The lowest BCUT2D eigenvalue weighted by Crippen LogP contribution is -2.08. The first kappa shape index (κ1) is 12.5. The maximum atomic E-state index is 11.5. The molecule has 0 aromatic heterocycles. The lowest BCUT2D eigenvalue weighted by atomic mass is 10.0. The van der Waals surface area contributed by atoms with Crippen molar-refractivity contribution in [3.05, 3.63) is 33.8 Å². The van der Waals surface area contributed by atoms with E-state index < -0.39 is 5.97 Å². The van der Waals surface area contributed by atoms with Gasteiger partial charge in [-0.2, -0.15) is 5.26 Å². The van der Waals surface area contributed by atoms with Crippen molar-refractivity contribution in [2.75, 3.05) is 6.61 Å². The van der Waals surface area contributed by atoms with Crippen LogP contribution in [0.3, 0.4) is 0 Å². The Morgan fingerprint density at radius 1 is 1.62 bits per heavy atom. The van der Waals surface area contributed by atoms with Gasteiger partial charge in [0, 0.05) is 0 Å². The Labute approximate surface area is 98.0 Å². The molecule has 16 heavy (non-hydrogen) atoms. The molecule has 1 aromatic rings. The van der Waals surface area contributed by atoms with Crippen LogP contribution in [0.4, 0.5) is 0 Å². The molecule has 0 atom stereocenters. The lowest BCUT2D eigenvalue weighted by Gasteiger charge is -2.07. The molecule has 0 aliphatic rings. The van der Waals surface area contributed by atoms with Gasteiger partial charge in [0.15, 0.2) is 0 Å². The Hall–Kier alpha value is -1.57. The average molecular weight is 240 g/mol. The smallest absolute Gasteiger partial charge is 0.339 e. The quantitative estimate of drug-likeness (QED) is 0.818. The summed E-state index contributed by atoms with van der Waals surface area (Å²) in [6, 6.07) is 4.75. The predicted molar refractivity (Wildman–Crippen MR) is 58.0 cm³/mol. The Bertz CT molecular complexity index is 451. The van der Waals surface area contributed by atoms with Crippen LogP contribution in [0.5, 0.6) is 0 Å². The number of nitriles is 1. The first-order valence-electron chi connectivity index (χ1n) is 4.65. The molecule has 0 saturated carbocycles. The van der Waals surface area contributed by atoms with Crippen LogP contribution in [-0.4, -0.2) is 17.7 Å². The van der Waals surface area contributed by atoms with Crippen molar-refractivity contribution in [2.45, 2.75) is 13.5 Å². The fourth-order valence-electron chi connectivity index (χ4n) is 1.23. The number of aliphatic hydroxyl groups is 1. The number of hydrogen-bond donors (Lipinski definition) is 1. The molecule has 0 bridgehead atoms. The van der Waals surface area contributed by atoms with Gasteiger partial charge in [-0.05, 0) is 18.6 Å². The van der Waals surface area contributed by atoms with E-state index in [2.05, 4.69) is 0 Å². The van der Waals surface area contributed by atoms with Crippen molar-refractivity contribution < 1.29 is 14.6 Å². The van der Waals surface area contributed by atoms with Gasteiger partial charge in [0.25, 0.3) is 0 Å². The highest BCUT2D eigenvalue weighted by atomic mass is 35.5. The summed E-state index contributed by atoms with van der Waals surface area (Å²) in [4.78, 5) is 11.5. The first-order valence-corrected chi connectivity index (χ1v) is 5.03. The summed E-state index contributed by atoms with van der Waals surface area (Å²) >= 11 is 5.87. The van der Waals surface area contributed by atoms with E-state index in [1.807, 2.05) is 6.07 Å². The Morgan fingerprint density at radius 3 is 2.81 bits per heavy atom. The van der Waals surface area contributed by atoms with E-state index in [0.29, 0.717) is 5.56 Å². The molecule has 1 N–H and O–H groups in total. The van der Waals surface area contributed by atoms with Crippen LogP contribution in [0.2, 0.25) is 5.02 Å². The van der Waals surface area contributed by atoms with E-state index in [1.165, 1.54) is 12.1 Å². The van der Waals surface area contributed by atoms with Crippen molar-refractivity contribution in [3.8, 4) is 6.07 Å². The van der Waals surface area contributed by atoms with Gasteiger partial charge >= 0.3 is 5.97 Å². The zero-order valence-electron chi connectivity index (χ0n) is 8.66. The van der Waals surface area contributed by atoms with Gasteiger partial charge in [0.2, 0.25) is 0 Å². The molecule has 0 spiro atoms. The number of ether oxygens (including phenoxy) is 1. The van der Waals surface area contributed by atoms with Crippen molar-refractivity contribution in [1.82, 2.24) is 0 Å². The van der Waals surface area contributed by atoms with Gasteiger partial charge in [-0.15, -0.1) is 0 Å². The van der Waals surface area contributed by atoms with Crippen molar-refractivity contribution in [3.63, 3.8) is 0 Å². The molecular formula is C11H10ClNO3. The Balaban J connectivity index is 3.27. The summed E-state index contributed by atoms with van der Waals surface area (Å²) in [5, 5.41) is 18.0. The third-order valence-electron chi connectivity index (χ3n) is 2.00. The second-order valence-corrected chi connectivity index (χ2v) is 3.33. The Kier molecular flexibility index (Phi) is 4.29. The highest BCUT2D eigenvalue weighted by molar-refractivity contribution is 6.33. The molecular weight excluding hydrogens is 230 g/mol. The fourth-order valence-corrected chi connectivity index (χ4v) is 1.50. The molecule has 0 saturated heterocycles. The topological polar surface area (TPSA) is 70.3 Å². The monoisotopic (exact) mass is 239 g/mol. The number of hydrogen-bond acceptors (Lipinski definition) is 4. The number of aliphatic hydroxyl groups excluding tert-OH is 1. The second-order valence-electron chi connectivity index (χ2n) is 2.95. The minimum atomic E-state index is -0.592. The number of benzene rings is 1. The Morgan fingerprint density at radius 2 is 2.31 bits per heavy atom. The van der Waals surface area contributed by atoms with Gasteiger partial charge in [0.1, 0.15) is 6.07 Å². The summed E-state index contributed by atoms with van der Waals surface area (Å²) in [5.74, 6) is -0.592. The molecule has 5 heteroatoms. The van der Waals surface area contributed by atoms with Gasteiger partial charge in [-0.25, -0.2) is 4.79 Å². The molecule has 0 aliphatic carbocycles. The van der Waals surface area contributed by atoms with Crippen LogP contribution in [0.15, 0.2) is 12.1 Å². The largest absolute Gasteiger partial charge is 0.462 e. The van der Waals surface area contributed by atoms with E-state index >= 15 is 0 Å². The number of rotatable bonds is 3. The van der Waals surface area contributed by atoms with Crippen molar-refractivity contribution in [2.24, 2.45) is 0 Å². The lowest BCUT2D eigenvalue weighted by molar-refractivity contribution is 0.0526. The maximum Gasteiger partial charge on any atom is 0.339 e. The zero-order valence-corrected chi connectivity index (χ0v) is 9.41. The van der Waals surface area contributed by atoms with Gasteiger partial charge in [-0.1, -0.05) is 17.7 Å². The highest BCUT2D eigenvalue weighted by Crippen LogP contribution is 2.24. The fraction of sp³-hybridized carbons (Fsp3) is 0.273. The van der Waals surface area contributed by atoms with E-state index in [0.717, 1.165) is 0 Å². The average Bonchev–Trinajstić information content (AvgIpc) is 2.28. The van der Waals surface area contributed by atoms with Crippen LogP contribution in [0, 0.1) is 11.3 Å². The second kappa shape index (κ2) is 5.50. The number of carbonyl (C=O) groups is 1. The van der Waals surface area contributed by atoms with Crippen molar-refractivity contribution >= 4 is 17.6 Å². The predicted octanol–water partition coefficient (Wildman–Crippen LogP) is 1.88. The van der Waals surface area contributed by atoms with Gasteiger partial charge in [-0.3, -0.25) is 0 Å².